The van der Waals surface area contributed by atoms with Gasteiger partial charge < -0.3 is 4.90 Å². The molecule has 0 spiro atoms. The largest absolute Gasteiger partial charge is 0.336 e. The first-order chi connectivity index (χ1) is 8.18. The average molecular weight is 232 g/mol. The van der Waals surface area contributed by atoms with Crippen molar-refractivity contribution in [1.29, 1.82) is 0 Å². The van der Waals surface area contributed by atoms with Crippen molar-refractivity contribution < 1.29 is 4.79 Å². The maximum Gasteiger partial charge on any atom is 0.223 e. The van der Waals surface area contributed by atoms with Crippen LogP contribution in [0, 0.1) is 5.92 Å². The van der Waals surface area contributed by atoms with Crippen LogP contribution in [0.4, 0.5) is 0 Å². The Hall–Kier alpha value is -1.38. The van der Waals surface area contributed by atoms with Gasteiger partial charge in [-0.2, -0.15) is 0 Å². The molecule has 1 amide bonds. The zero-order chi connectivity index (χ0) is 12.3. The fraction of sp³-hybridized carbons (Fsp3) is 0.571. The summed E-state index contributed by atoms with van der Waals surface area (Å²) in [7, 11) is 0. The van der Waals surface area contributed by atoms with Crippen LogP contribution in [0.15, 0.2) is 24.5 Å². The molecule has 1 aliphatic rings. The highest BCUT2D eigenvalue weighted by Crippen LogP contribution is 2.32. The number of pyridine rings is 1. The molecule has 3 nitrogen and oxygen atoms in total. The van der Waals surface area contributed by atoms with E-state index in [1.165, 1.54) is 5.56 Å². The minimum Gasteiger partial charge on any atom is -0.336 e. The summed E-state index contributed by atoms with van der Waals surface area (Å²) in [6.45, 7) is 5.07. The van der Waals surface area contributed by atoms with Crippen molar-refractivity contribution in [2.45, 2.75) is 39.2 Å². The highest BCUT2D eigenvalue weighted by atomic mass is 16.2. The first-order valence-corrected chi connectivity index (χ1v) is 6.38. The van der Waals surface area contributed by atoms with E-state index in [0.717, 1.165) is 19.4 Å². The number of amides is 1. The van der Waals surface area contributed by atoms with Crippen LogP contribution >= 0.6 is 0 Å². The molecule has 0 bridgehead atoms. The Morgan fingerprint density at radius 3 is 3.06 bits per heavy atom. The predicted octanol–water partition coefficient (Wildman–Crippen LogP) is 2.79. The Balaban J connectivity index is 2.10. The van der Waals surface area contributed by atoms with Gasteiger partial charge in [0.1, 0.15) is 0 Å². The van der Waals surface area contributed by atoms with Crippen LogP contribution in [0.5, 0.6) is 0 Å². The molecule has 0 saturated carbocycles. The molecule has 0 radical (unpaired) electrons. The van der Waals surface area contributed by atoms with E-state index in [1.54, 1.807) is 6.20 Å². The van der Waals surface area contributed by atoms with E-state index in [4.69, 9.17) is 0 Å². The highest BCUT2D eigenvalue weighted by molar-refractivity contribution is 5.77. The monoisotopic (exact) mass is 232 g/mol. The second kappa shape index (κ2) is 5.30. The third-order valence-electron chi connectivity index (χ3n) is 3.23. The summed E-state index contributed by atoms with van der Waals surface area (Å²) < 4.78 is 0. The molecule has 1 saturated heterocycles. The van der Waals surface area contributed by atoms with E-state index in [9.17, 15) is 4.79 Å². The Kier molecular flexibility index (Phi) is 3.77. The lowest BCUT2D eigenvalue weighted by atomic mass is 10.1. The van der Waals surface area contributed by atoms with Crippen molar-refractivity contribution in [2.24, 2.45) is 5.92 Å². The highest BCUT2D eigenvalue weighted by Gasteiger charge is 2.29. The van der Waals surface area contributed by atoms with Crippen molar-refractivity contribution >= 4 is 5.91 Å². The first kappa shape index (κ1) is 12.1. The summed E-state index contributed by atoms with van der Waals surface area (Å²) in [5.41, 5.74) is 1.17. The standard InChI is InChI=1S/C14H20N2O/c1-11(2)9-14(17)16-8-4-6-13(16)12-5-3-7-15-10-12/h3,5,7,10-11,13H,4,6,8-9H2,1-2H3. The smallest absolute Gasteiger partial charge is 0.223 e. The third kappa shape index (κ3) is 2.84. The molecular formula is C14H20N2O. The summed E-state index contributed by atoms with van der Waals surface area (Å²) >= 11 is 0. The van der Waals surface area contributed by atoms with E-state index in [-0.39, 0.29) is 11.9 Å². The van der Waals surface area contributed by atoms with Gasteiger partial charge in [-0.15, -0.1) is 0 Å². The molecule has 1 fully saturated rings. The Labute approximate surface area is 103 Å². The Morgan fingerprint density at radius 2 is 2.41 bits per heavy atom. The number of carbonyl (C=O) groups excluding carboxylic acids is 1. The molecule has 1 aliphatic heterocycles. The molecule has 17 heavy (non-hydrogen) atoms. The van der Waals surface area contributed by atoms with E-state index in [0.29, 0.717) is 12.3 Å². The number of aromatic nitrogens is 1. The van der Waals surface area contributed by atoms with E-state index >= 15 is 0 Å². The van der Waals surface area contributed by atoms with Gasteiger partial charge in [0.2, 0.25) is 5.91 Å². The molecule has 1 aromatic heterocycles. The molecule has 0 aliphatic carbocycles. The number of rotatable bonds is 3. The van der Waals surface area contributed by atoms with Gasteiger partial charge in [0.05, 0.1) is 6.04 Å². The van der Waals surface area contributed by atoms with Crippen LogP contribution in [-0.2, 0) is 4.79 Å². The first-order valence-electron chi connectivity index (χ1n) is 6.38. The Bertz CT molecular complexity index is 375. The van der Waals surface area contributed by atoms with Crippen molar-refractivity contribution in [3.8, 4) is 0 Å². The summed E-state index contributed by atoms with van der Waals surface area (Å²) in [5.74, 6) is 0.712. The number of hydrogen-bond acceptors (Lipinski definition) is 2. The van der Waals surface area contributed by atoms with Crippen LogP contribution in [-0.4, -0.2) is 22.3 Å². The molecule has 1 unspecified atom stereocenters. The molecule has 2 rings (SSSR count). The van der Waals surface area contributed by atoms with Crippen molar-refractivity contribution in [3.05, 3.63) is 30.1 Å². The van der Waals surface area contributed by atoms with Crippen molar-refractivity contribution in [3.63, 3.8) is 0 Å². The van der Waals surface area contributed by atoms with Gasteiger partial charge in [-0.1, -0.05) is 19.9 Å². The summed E-state index contributed by atoms with van der Waals surface area (Å²) in [6.07, 6.45) is 6.47. The number of likely N-dealkylation sites (tertiary alicyclic amines) is 1. The topological polar surface area (TPSA) is 33.2 Å². The average Bonchev–Trinajstić information content (AvgIpc) is 2.78. The van der Waals surface area contributed by atoms with E-state index in [2.05, 4.69) is 24.9 Å². The number of nitrogens with zero attached hydrogens (tertiary/aromatic N) is 2. The van der Waals surface area contributed by atoms with Crippen LogP contribution in [0.2, 0.25) is 0 Å². The van der Waals surface area contributed by atoms with Gasteiger partial charge in [-0.3, -0.25) is 9.78 Å². The van der Waals surface area contributed by atoms with Crippen LogP contribution < -0.4 is 0 Å². The normalized spacial score (nSPS) is 19.9. The van der Waals surface area contributed by atoms with Crippen LogP contribution in [0.25, 0.3) is 0 Å². The van der Waals surface area contributed by atoms with Gasteiger partial charge in [0.25, 0.3) is 0 Å². The minimum atomic E-state index is 0.245. The maximum absolute atomic E-state index is 12.1. The maximum atomic E-state index is 12.1. The zero-order valence-corrected chi connectivity index (χ0v) is 10.6. The number of hydrogen-bond donors (Lipinski definition) is 0. The second-order valence-corrected chi connectivity index (χ2v) is 5.13. The second-order valence-electron chi connectivity index (χ2n) is 5.13. The van der Waals surface area contributed by atoms with Gasteiger partial charge >= 0.3 is 0 Å². The van der Waals surface area contributed by atoms with Crippen LogP contribution in [0.3, 0.4) is 0 Å². The molecule has 1 atom stereocenters. The van der Waals surface area contributed by atoms with E-state index < -0.39 is 0 Å². The molecule has 2 heterocycles. The lowest BCUT2D eigenvalue weighted by Crippen LogP contribution is -2.31. The fourth-order valence-electron chi connectivity index (χ4n) is 2.45. The van der Waals surface area contributed by atoms with Crippen LogP contribution in [0.1, 0.15) is 44.7 Å². The summed E-state index contributed by atoms with van der Waals surface area (Å²) in [4.78, 5) is 18.3. The van der Waals surface area contributed by atoms with Crippen molar-refractivity contribution in [1.82, 2.24) is 9.88 Å². The van der Waals surface area contributed by atoms with Gasteiger partial charge in [0.15, 0.2) is 0 Å². The molecule has 1 aromatic rings. The van der Waals surface area contributed by atoms with Crippen molar-refractivity contribution in [2.75, 3.05) is 6.54 Å². The van der Waals surface area contributed by atoms with Gasteiger partial charge in [-0.25, -0.2) is 0 Å². The summed E-state index contributed by atoms with van der Waals surface area (Å²) in [5, 5.41) is 0. The third-order valence-corrected chi connectivity index (χ3v) is 3.23. The summed E-state index contributed by atoms with van der Waals surface area (Å²) in [6, 6.07) is 4.26. The predicted molar refractivity (Wildman–Crippen MR) is 67.4 cm³/mol. The molecule has 0 aromatic carbocycles. The molecule has 3 heteroatoms. The number of carbonyl (C=O) groups is 1. The zero-order valence-electron chi connectivity index (χ0n) is 10.6. The minimum absolute atomic E-state index is 0.245. The molecule has 0 N–H and O–H groups in total. The molecular weight excluding hydrogens is 212 g/mol. The Morgan fingerprint density at radius 1 is 1.59 bits per heavy atom. The lowest BCUT2D eigenvalue weighted by Gasteiger charge is -2.25. The van der Waals surface area contributed by atoms with Gasteiger partial charge in [-0.05, 0) is 30.4 Å². The van der Waals surface area contributed by atoms with Gasteiger partial charge in [0, 0.05) is 25.4 Å². The lowest BCUT2D eigenvalue weighted by molar-refractivity contribution is -0.132. The fourth-order valence-corrected chi connectivity index (χ4v) is 2.45. The SMILES string of the molecule is CC(C)CC(=O)N1CCCC1c1cccnc1. The quantitative estimate of drug-likeness (QED) is 0.803. The van der Waals surface area contributed by atoms with E-state index in [1.807, 2.05) is 17.2 Å². The molecule has 92 valence electrons.